The zero-order valence-corrected chi connectivity index (χ0v) is 18.3. The van der Waals surface area contributed by atoms with Crippen LogP contribution in [0.25, 0.3) is 0 Å². The van der Waals surface area contributed by atoms with E-state index in [2.05, 4.69) is 10.6 Å². The molecule has 0 radical (unpaired) electrons. The van der Waals surface area contributed by atoms with E-state index in [1.165, 1.54) is 4.90 Å². The third-order valence-corrected chi connectivity index (χ3v) is 4.88. The van der Waals surface area contributed by atoms with Crippen LogP contribution in [0.3, 0.4) is 0 Å². The summed E-state index contributed by atoms with van der Waals surface area (Å²) in [6, 6.07) is 13.2. The van der Waals surface area contributed by atoms with Gasteiger partial charge in [0.2, 0.25) is 5.91 Å². The number of rotatable bonds is 8. The van der Waals surface area contributed by atoms with Gasteiger partial charge in [-0.2, -0.15) is 0 Å². The molecule has 0 spiro atoms. The van der Waals surface area contributed by atoms with E-state index in [-0.39, 0.29) is 30.8 Å². The zero-order valence-electron chi connectivity index (χ0n) is 18.3. The number of anilines is 1. The van der Waals surface area contributed by atoms with Crippen molar-refractivity contribution in [1.82, 2.24) is 10.2 Å². The summed E-state index contributed by atoms with van der Waals surface area (Å²) >= 11 is 0. The number of nitrogens with zero attached hydrogens (tertiary/aromatic N) is 1. The molecule has 0 aliphatic heterocycles. The Morgan fingerprint density at radius 3 is 2.33 bits per heavy atom. The van der Waals surface area contributed by atoms with Gasteiger partial charge in [-0.1, -0.05) is 24.3 Å². The maximum absolute atomic E-state index is 12.5. The van der Waals surface area contributed by atoms with Crippen molar-refractivity contribution in [2.24, 2.45) is 0 Å². The lowest BCUT2D eigenvalue weighted by atomic mass is 10.1. The lowest BCUT2D eigenvalue weighted by molar-refractivity contribution is -0.885. The molecule has 30 heavy (non-hydrogen) atoms. The van der Waals surface area contributed by atoms with Gasteiger partial charge in [-0.15, -0.1) is 0 Å². The first-order valence-electron chi connectivity index (χ1n) is 9.93. The van der Waals surface area contributed by atoms with Crippen LogP contribution in [0.1, 0.15) is 27.0 Å². The number of amides is 3. The van der Waals surface area contributed by atoms with E-state index in [0.29, 0.717) is 12.1 Å². The van der Waals surface area contributed by atoms with Gasteiger partial charge < -0.3 is 20.4 Å². The van der Waals surface area contributed by atoms with E-state index in [1.54, 1.807) is 26.2 Å². The van der Waals surface area contributed by atoms with Crippen molar-refractivity contribution in [2.75, 3.05) is 39.5 Å². The average Bonchev–Trinajstić information content (AvgIpc) is 2.70. The van der Waals surface area contributed by atoms with Gasteiger partial charge in [-0.05, 0) is 43.2 Å². The van der Waals surface area contributed by atoms with Crippen LogP contribution in [0, 0.1) is 13.8 Å². The Balaban J connectivity index is 1.84. The van der Waals surface area contributed by atoms with E-state index in [0.717, 1.165) is 27.3 Å². The molecule has 0 bridgehead atoms. The van der Waals surface area contributed by atoms with Crippen LogP contribution < -0.4 is 15.5 Å². The van der Waals surface area contributed by atoms with Crippen LogP contribution in [0.2, 0.25) is 0 Å². The predicted molar refractivity (Wildman–Crippen MR) is 117 cm³/mol. The van der Waals surface area contributed by atoms with E-state index in [9.17, 15) is 14.4 Å². The quantitative estimate of drug-likeness (QED) is 0.600. The van der Waals surface area contributed by atoms with Crippen molar-refractivity contribution >= 4 is 23.4 Å². The molecule has 7 heteroatoms. The summed E-state index contributed by atoms with van der Waals surface area (Å²) in [5.41, 5.74) is 4.44. The molecule has 1 atom stereocenters. The largest absolute Gasteiger partial charge is 0.355 e. The van der Waals surface area contributed by atoms with Gasteiger partial charge in [0, 0.05) is 30.9 Å². The van der Waals surface area contributed by atoms with Crippen LogP contribution in [0.5, 0.6) is 0 Å². The van der Waals surface area contributed by atoms with Crippen LogP contribution in [-0.2, 0) is 16.1 Å². The second kappa shape index (κ2) is 10.5. The highest BCUT2D eigenvalue weighted by atomic mass is 16.2. The summed E-state index contributed by atoms with van der Waals surface area (Å²) in [7, 11) is 5.16. The molecule has 0 aliphatic carbocycles. The standard InChI is InChI=1S/C23H30N4O3/c1-16-6-7-17(2)20(12-16)25-21(28)14-27(5)22(29)15-26(4)13-18-8-10-19(11-9-18)23(30)24-3/h6-12H,13-15H2,1-5H3,(H,24,30)(H,25,28)/p+1. The molecular formula is C23H31N4O3+. The molecular weight excluding hydrogens is 380 g/mol. The first-order chi connectivity index (χ1) is 14.2. The number of carbonyl (C=O) groups is 3. The minimum absolute atomic E-state index is 0.000319. The van der Waals surface area contributed by atoms with Crippen LogP contribution in [0.15, 0.2) is 42.5 Å². The number of carbonyl (C=O) groups excluding carboxylic acids is 3. The molecule has 0 heterocycles. The third-order valence-electron chi connectivity index (χ3n) is 4.88. The number of quaternary nitrogens is 1. The number of aryl methyl sites for hydroxylation is 2. The molecule has 2 aromatic carbocycles. The summed E-state index contributed by atoms with van der Waals surface area (Å²) in [5, 5.41) is 5.47. The molecule has 0 saturated heterocycles. The second-order valence-electron chi connectivity index (χ2n) is 7.70. The monoisotopic (exact) mass is 411 g/mol. The van der Waals surface area contributed by atoms with Crippen molar-refractivity contribution in [3.8, 4) is 0 Å². The molecule has 2 aromatic rings. The van der Waals surface area contributed by atoms with Crippen LogP contribution in [0.4, 0.5) is 5.69 Å². The van der Waals surface area contributed by atoms with Crippen LogP contribution >= 0.6 is 0 Å². The van der Waals surface area contributed by atoms with Crippen molar-refractivity contribution in [3.63, 3.8) is 0 Å². The Bertz CT molecular complexity index is 909. The Morgan fingerprint density at radius 2 is 1.70 bits per heavy atom. The zero-order chi connectivity index (χ0) is 22.3. The molecule has 3 N–H and O–H groups in total. The number of hydrogen-bond acceptors (Lipinski definition) is 3. The highest BCUT2D eigenvalue weighted by Crippen LogP contribution is 2.16. The first kappa shape index (κ1) is 23.1. The smallest absolute Gasteiger partial charge is 0.277 e. The summed E-state index contributed by atoms with van der Waals surface area (Å²) in [6.07, 6.45) is 0. The molecule has 160 valence electrons. The van der Waals surface area contributed by atoms with Gasteiger partial charge in [0.1, 0.15) is 6.54 Å². The van der Waals surface area contributed by atoms with Crippen molar-refractivity contribution < 1.29 is 19.3 Å². The van der Waals surface area contributed by atoms with Crippen molar-refractivity contribution in [2.45, 2.75) is 20.4 Å². The fraction of sp³-hybridized carbons (Fsp3) is 0.348. The molecule has 0 aliphatic rings. The van der Waals surface area contributed by atoms with Gasteiger partial charge in [0.05, 0.1) is 13.6 Å². The lowest BCUT2D eigenvalue weighted by Gasteiger charge is -2.20. The van der Waals surface area contributed by atoms with Gasteiger partial charge in [-0.3, -0.25) is 14.4 Å². The van der Waals surface area contributed by atoms with Crippen LogP contribution in [-0.4, -0.2) is 56.9 Å². The number of likely N-dealkylation sites (N-methyl/N-ethyl adjacent to an activating group) is 2. The molecule has 3 amide bonds. The van der Waals surface area contributed by atoms with E-state index in [4.69, 9.17) is 0 Å². The topological polar surface area (TPSA) is 83.0 Å². The maximum atomic E-state index is 12.5. The van der Waals surface area contributed by atoms with Crippen molar-refractivity contribution in [3.05, 3.63) is 64.7 Å². The molecule has 0 saturated carbocycles. The molecule has 2 rings (SSSR count). The Morgan fingerprint density at radius 1 is 1.03 bits per heavy atom. The molecule has 1 unspecified atom stereocenters. The Hall–Kier alpha value is -3.19. The fourth-order valence-corrected chi connectivity index (χ4v) is 3.09. The summed E-state index contributed by atoms with van der Waals surface area (Å²) in [6.45, 7) is 4.81. The third kappa shape index (κ3) is 6.70. The second-order valence-corrected chi connectivity index (χ2v) is 7.70. The molecule has 0 aromatic heterocycles. The summed E-state index contributed by atoms with van der Waals surface area (Å²) < 4.78 is 0. The van der Waals surface area contributed by atoms with Gasteiger partial charge in [-0.25, -0.2) is 0 Å². The average molecular weight is 412 g/mol. The lowest BCUT2D eigenvalue weighted by Crippen LogP contribution is -3.08. The summed E-state index contributed by atoms with van der Waals surface area (Å²) in [5.74, 6) is -0.453. The van der Waals surface area contributed by atoms with Crippen molar-refractivity contribution in [1.29, 1.82) is 0 Å². The Labute approximate surface area is 178 Å². The SMILES string of the molecule is CNC(=O)c1ccc(C[NH+](C)CC(=O)N(C)CC(=O)Nc2cc(C)ccc2C)cc1. The number of benzene rings is 2. The minimum atomic E-state index is -0.220. The van der Waals surface area contributed by atoms with Gasteiger partial charge in [0.15, 0.2) is 6.54 Å². The molecule has 0 fully saturated rings. The maximum Gasteiger partial charge on any atom is 0.277 e. The van der Waals surface area contributed by atoms with E-state index >= 15 is 0 Å². The number of hydrogen-bond donors (Lipinski definition) is 3. The number of nitrogens with one attached hydrogen (secondary N) is 3. The van der Waals surface area contributed by atoms with Gasteiger partial charge in [0.25, 0.3) is 11.8 Å². The fourth-order valence-electron chi connectivity index (χ4n) is 3.09. The van der Waals surface area contributed by atoms with E-state index in [1.807, 2.05) is 51.2 Å². The van der Waals surface area contributed by atoms with Gasteiger partial charge >= 0.3 is 0 Å². The highest BCUT2D eigenvalue weighted by Gasteiger charge is 2.18. The summed E-state index contributed by atoms with van der Waals surface area (Å²) in [4.78, 5) is 38.9. The first-order valence-corrected chi connectivity index (χ1v) is 9.93. The van der Waals surface area contributed by atoms with E-state index < -0.39 is 0 Å². The molecule has 7 nitrogen and oxygen atoms in total. The predicted octanol–water partition coefficient (Wildman–Crippen LogP) is 0.775. The Kier molecular flexibility index (Phi) is 8.12. The normalized spacial score (nSPS) is 11.5. The highest BCUT2D eigenvalue weighted by molar-refractivity contribution is 5.95. The minimum Gasteiger partial charge on any atom is -0.355 e.